The second-order valence-corrected chi connectivity index (χ2v) is 6.92. The Balaban J connectivity index is 1.74. The van der Waals surface area contributed by atoms with Crippen LogP contribution in [-0.4, -0.2) is 58.8 Å². The highest BCUT2D eigenvalue weighted by Gasteiger charge is 2.20. The molecule has 1 saturated heterocycles. The third kappa shape index (κ3) is 3.50. The number of likely N-dealkylation sites (N-methyl/N-ethyl adjacent to an activating group) is 1. The van der Waals surface area contributed by atoms with Gasteiger partial charge in [-0.15, -0.1) is 0 Å². The Morgan fingerprint density at radius 3 is 2.48 bits per heavy atom. The van der Waals surface area contributed by atoms with E-state index in [0.29, 0.717) is 12.1 Å². The van der Waals surface area contributed by atoms with Crippen LogP contribution in [0.4, 0.5) is 10.1 Å². The first kappa shape index (κ1) is 17.5. The molecule has 27 heavy (non-hydrogen) atoms. The number of hydrogen-bond donors (Lipinski definition) is 1. The maximum atomic E-state index is 13.2. The Bertz CT molecular complexity index is 976. The summed E-state index contributed by atoms with van der Waals surface area (Å²) in [6, 6.07) is 12.0. The minimum Gasteiger partial charge on any atom is -0.475 e. The second kappa shape index (κ2) is 7.00. The van der Waals surface area contributed by atoms with Crippen molar-refractivity contribution < 1.29 is 14.3 Å². The molecule has 3 aromatic rings. The summed E-state index contributed by atoms with van der Waals surface area (Å²) in [4.78, 5) is 20.6. The van der Waals surface area contributed by atoms with Crippen molar-refractivity contribution in [1.82, 2.24) is 14.5 Å². The van der Waals surface area contributed by atoms with Crippen molar-refractivity contribution in [2.45, 2.75) is 6.54 Å². The van der Waals surface area contributed by atoms with Gasteiger partial charge in [0.15, 0.2) is 0 Å². The van der Waals surface area contributed by atoms with E-state index in [1.807, 2.05) is 18.2 Å². The highest BCUT2D eigenvalue weighted by Crippen LogP contribution is 2.25. The average molecular weight is 368 g/mol. The van der Waals surface area contributed by atoms with Gasteiger partial charge in [0.25, 0.3) is 0 Å². The molecule has 0 spiro atoms. The van der Waals surface area contributed by atoms with E-state index in [9.17, 15) is 14.3 Å². The zero-order valence-electron chi connectivity index (χ0n) is 15.1. The maximum Gasteiger partial charge on any atom is 0.372 e. The first-order chi connectivity index (χ1) is 13.0. The Labute approximate surface area is 156 Å². The minimum atomic E-state index is -1.07. The van der Waals surface area contributed by atoms with Crippen LogP contribution in [0.5, 0.6) is 0 Å². The number of rotatable bonds is 4. The molecule has 0 unspecified atom stereocenters. The molecule has 1 aliphatic heterocycles. The van der Waals surface area contributed by atoms with E-state index in [1.54, 1.807) is 16.7 Å². The van der Waals surface area contributed by atoms with E-state index >= 15 is 0 Å². The number of nitrogens with zero attached hydrogens (tertiary/aromatic N) is 4. The number of piperazine rings is 1. The van der Waals surface area contributed by atoms with Crippen molar-refractivity contribution in [1.29, 1.82) is 0 Å². The van der Waals surface area contributed by atoms with Crippen LogP contribution in [0, 0.1) is 5.82 Å². The molecule has 0 amide bonds. The predicted octanol–water partition coefficient (Wildman–Crippen LogP) is 2.67. The van der Waals surface area contributed by atoms with Crippen molar-refractivity contribution in [2.75, 3.05) is 38.1 Å². The molecule has 2 aromatic carbocycles. The molecule has 1 N–H and O–H groups in total. The van der Waals surface area contributed by atoms with E-state index in [-0.39, 0.29) is 11.6 Å². The standard InChI is InChI=1S/C20H21FN4O2/c1-23-8-10-24(11-9-23)16-6-7-17-18(12-16)25(19(22-17)20(26)27)13-14-2-4-15(21)5-3-14/h2-7,12H,8-11,13H2,1H3,(H,26,27). The van der Waals surface area contributed by atoms with Gasteiger partial charge >= 0.3 is 5.97 Å². The van der Waals surface area contributed by atoms with Crippen molar-refractivity contribution in [3.63, 3.8) is 0 Å². The molecule has 4 rings (SSSR count). The SMILES string of the molecule is CN1CCN(c2ccc3nc(C(=O)O)n(Cc4ccc(F)cc4)c3c2)CC1. The van der Waals surface area contributed by atoms with Crippen molar-refractivity contribution in [3.8, 4) is 0 Å². The van der Waals surface area contributed by atoms with E-state index in [4.69, 9.17) is 0 Å². The number of aromatic nitrogens is 2. The summed E-state index contributed by atoms with van der Waals surface area (Å²) in [7, 11) is 2.11. The van der Waals surface area contributed by atoms with Gasteiger partial charge in [0, 0.05) is 38.4 Å². The molecule has 0 aliphatic carbocycles. The van der Waals surface area contributed by atoms with Crippen LogP contribution in [0.2, 0.25) is 0 Å². The van der Waals surface area contributed by atoms with Gasteiger partial charge in [0.05, 0.1) is 11.0 Å². The number of hydrogen-bond acceptors (Lipinski definition) is 4. The predicted molar refractivity (Wildman–Crippen MR) is 102 cm³/mol. The number of carbonyl (C=O) groups is 1. The average Bonchev–Trinajstić information content (AvgIpc) is 3.02. The van der Waals surface area contributed by atoms with Crippen molar-refractivity contribution in [3.05, 3.63) is 59.7 Å². The zero-order chi connectivity index (χ0) is 19.0. The fourth-order valence-electron chi connectivity index (χ4n) is 3.47. The van der Waals surface area contributed by atoms with E-state index in [2.05, 4.69) is 21.8 Å². The van der Waals surface area contributed by atoms with Crippen molar-refractivity contribution >= 4 is 22.7 Å². The fourth-order valence-corrected chi connectivity index (χ4v) is 3.47. The topological polar surface area (TPSA) is 61.6 Å². The summed E-state index contributed by atoms with van der Waals surface area (Å²) in [6.45, 7) is 4.17. The molecule has 0 radical (unpaired) electrons. The van der Waals surface area contributed by atoms with Crippen LogP contribution < -0.4 is 4.90 Å². The molecule has 1 fully saturated rings. The van der Waals surface area contributed by atoms with Crippen LogP contribution in [0.1, 0.15) is 16.2 Å². The Morgan fingerprint density at radius 2 is 1.81 bits per heavy atom. The molecule has 0 atom stereocenters. The number of carboxylic acids is 1. The van der Waals surface area contributed by atoms with E-state index in [0.717, 1.165) is 42.9 Å². The molecule has 0 bridgehead atoms. The third-order valence-corrected chi connectivity index (χ3v) is 5.05. The number of anilines is 1. The molecular formula is C20H21FN4O2. The molecule has 2 heterocycles. The molecular weight excluding hydrogens is 347 g/mol. The van der Waals surface area contributed by atoms with Gasteiger partial charge in [-0.1, -0.05) is 12.1 Å². The van der Waals surface area contributed by atoms with Crippen LogP contribution in [0.15, 0.2) is 42.5 Å². The minimum absolute atomic E-state index is 0.00940. The first-order valence-electron chi connectivity index (χ1n) is 8.93. The van der Waals surface area contributed by atoms with Gasteiger partial charge in [-0.3, -0.25) is 0 Å². The summed E-state index contributed by atoms with van der Waals surface area (Å²) in [5.74, 6) is -1.40. The third-order valence-electron chi connectivity index (χ3n) is 5.05. The largest absolute Gasteiger partial charge is 0.475 e. The summed E-state index contributed by atoms with van der Waals surface area (Å²) in [5.41, 5.74) is 3.30. The number of carboxylic acid groups (broad SMARTS) is 1. The van der Waals surface area contributed by atoms with Crippen molar-refractivity contribution in [2.24, 2.45) is 0 Å². The smallest absolute Gasteiger partial charge is 0.372 e. The number of halogens is 1. The van der Waals surface area contributed by atoms with Crippen LogP contribution in [-0.2, 0) is 6.54 Å². The van der Waals surface area contributed by atoms with Crippen LogP contribution in [0.3, 0.4) is 0 Å². The summed E-state index contributed by atoms with van der Waals surface area (Å²) < 4.78 is 14.9. The maximum absolute atomic E-state index is 13.2. The van der Waals surface area contributed by atoms with Gasteiger partial charge in [0.1, 0.15) is 5.82 Å². The molecule has 0 saturated carbocycles. The lowest BCUT2D eigenvalue weighted by molar-refractivity contribution is 0.0679. The molecule has 140 valence electrons. The quantitative estimate of drug-likeness (QED) is 0.767. The lowest BCUT2D eigenvalue weighted by Gasteiger charge is -2.34. The lowest BCUT2D eigenvalue weighted by Crippen LogP contribution is -2.44. The molecule has 1 aliphatic rings. The Hall–Kier alpha value is -2.93. The summed E-state index contributed by atoms with van der Waals surface area (Å²) in [5, 5.41) is 9.58. The Kier molecular flexibility index (Phi) is 4.53. The Morgan fingerprint density at radius 1 is 1.11 bits per heavy atom. The molecule has 7 heteroatoms. The van der Waals surface area contributed by atoms with Crippen LogP contribution >= 0.6 is 0 Å². The molecule has 6 nitrogen and oxygen atoms in total. The number of imidazole rings is 1. The number of aromatic carboxylic acids is 1. The monoisotopic (exact) mass is 368 g/mol. The van der Waals surface area contributed by atoms with Gasteiger partial charge in [-0.25, -0.2) is 14.2 Å². The van der Waals surface area contributed by atoms with Gasteiger partial charge in [-0.2, -0.15) is 0 Å². The lowest BCUT2D eigenvalue weighted by atomic mass is 10.2. The van der Waals surface area contributed by atoms with Crippen LogP contribution in [0.25, 0.3) is 11.0 Å². The number of fused-ring (bicyclic) bond motifs is 1. The highest BCUT2D eigenvalue weighted by molar-refractivity contribution is 5.91. The van der Waals surface area contributed by atoms with E-state index < -0.39 is 5.97 Å². The van der Waals surface area contributed by atoms with Gasteiger partial charge in [0.2, 0.25) is 5.82 Å². The molecule has 1 aromatic heterocycles. The summed E-state index contributed by atoms with van der Waals surface area (Å²) >= 11 is 0. The second-order valence-electron chi connectivity index (χ2n) is 6.92. The van der Waals surface area contributed by atoms with Gasteiger partial charge < -0.3 is 19.5 Å². The normalized spacial score (nSPS) is 15.4. The summed E-state index contributed by atoms with van der Waals surface area (Å²) in [6.07, 6.45) is 0. The highest BCUT2D eigenvalue weighted by atomic mass is 19.1. The fraction of sp³-hybridized carbons (Fsp3) is 0.300. The number of benzene rings is 2. The zero-order valence-corrected chi connectivity index (χ0v) is 15.1. The first-order valence-corrected chi connectivity index (χ1v) is 8.93. The van der Waals surface area contributed by atoms with E-state index in [1.165, 1.54) is 12.1 Å². The van der Waals surface area contributed by atoms with Gasteiger partial charge in [-0.05, 0) is 42.9 Å².